The minimum atomic E-state index is 0.161. The van der Waals surface area contributed by atoms with Crippen LogP contribution in [0.15, 0.2) is 24.3 Å². The van der Waals surface area contributed by atoms with Crippen LogP contribution in [-0.4, -0.2) is 9.78 Å². The third-order valence-corrected chi connectivity index (χ3v) is 4.81. The maximum Gasteiger partial charge on any atom is 0.0991 e. The third-order valence-electron chi connectivity index (χ3n) is 4.81. The fourth-order valence-corrected chi connectivity index (χ4v) is 3.48. The molecule has 0 radical (unpaired) electrons. The van der Waals surface area contributed by atoms with E-state index in [2.05, 4.69) is 10.8 Å². The number of nitrogens with two attached hydrogens (primary N) is 1. The summed E-state index contributed by atoms with van der Waals surface area (Å²) >= 11 is 0. The van der Waals surface area contributed by atoms with Crippen molar-refractivity contribution in [3.8, 4) is 6.07 Å². The molecular formula is C18H20N4. The molecule has 4 nitrogen and oxygen atoms in total. The molecule has 2 aliphatic carbocycles. The highest BCUT2D eigenvalue weighted by molar-refractivity contribution is 5.37. The second kappa shape index (κ2) is 5.26. The Hall–Kier alpha value is -2.12. The predicted octanol–water partition coefficient (Wildman–Crippen LogP) is 3.02. The van der Waals surface area contributed by atoms with Crippen molar-refractivity contribution in [2.24, 2.45) is 5.73 Å². The highest BCUT2D eigenvalue weighted by Crippen LogP contribution is 2.45. The molecule has 0 spiro atoms. The van der Waals surface area contributed by atoms with Crippen molar-refractivity contribution in [3.63, 3.8) is 0 Å². The summed E-state index contributed by atoms with van der Waals surface area (Å²) in [7, 11) is 0. The van der Waals surface area contributed by atoms with Crippen LogP contribution in [0, 0.1) is 11.3 Å². The summed E-state index contributed by atoms with van der Waals surface area (Å²) < 4.78 is 2.16. The number of aromatic nitrogens is 2. The summed E-state index contributed by atoms with van der Waals surface area (Å²) in [6.07, 6.45) is 5.83. The molecule has 0 amide bonds. The Labute approximate surface area is 130 Å². The zero-order valence-electron chi connectivity index (χ0n) is 12.6. The average molecular weight is 292 g/mol. The van der Waals surface area contributed by atoms with Gasteiger partial charge < -0.3 is 5.73 Å². The van der Waals surface area contributed by atoms with Gasteiger partial charge >= 0.3 is 0 Å². The van der Waals surface area contributed by atoms with Gasteiger partial charge in [0.1, 0.15) is 0 Å². The summed E-state index contributed by atoms with van der Waals surface area (Å²) in [4.78, 5) is 0. The molecule has 2 N–H and O–H groups in total. The first-order chi connectivity index (χ1) is 10.8. The van der Waals surface area contributed by atoms with E-state index in [1.165, 1.54) is 35.4 Å². The lowest BCUT2D eigenvalue weighted by Crippen LogP contribution is -2.19. The second-order valence-electron chi connectivity index (χ2n) is 6.48. The Morgan fingerprint density at radius 2 is 2.00 bits per heavy atom. The third kappa shape index (κ3) is 2.32. The molecule has 2 aliphatic rings. The summed E-state index contributed by atoms with van der Waals surface area (Å²) in [5.74, 6) is 0.639. The molecule has 2 aromatic rings. The van der Waals surface area contributed by atoms with Gasteiger partial charge in [0.2, 0.25) is 0 Å². The SMILES string of the molecule is N#Cc1ccc(Cn2nc(C3CC3)c3c2CCCC3N)cc1. The van der Waals surface area contributed by atoms with Crippen LogP contribution in [0.4, 0.5) is 0 Å². The number of rotatable bonds is 3. The zero-order valence-corrected chi connectivity index (χ0v) is 12.6. The maximum absolute atomic E-state index is 8.90. The lowest BCUT2D eigenvalue weighted by Gasteiger charge is -2.20. The number of fused-ring (bicyclic) bond motifs is 1. The lowest BCUT2D eigenvalue weighted by molar-refractivity contribution is 0.537. The first-order valence-corrected chi connectivity index (χ1v) is 8.10. The van der Waals surface area contributed by atoms with Crippen molar-refractivity contribution in [3.05, 3.63) is 52.3 Å². The van der Waals surface area contributed by atoms with E-state index in [9.17, 15) is 0 Å². The van der Waals surface area contributed by atoms with Gasteiger partial charge in [-0.1, -0.05) is 12.1 Å². The molecule has 1 aromatic carbocycles. The highest BCUT2D eigenvalue weighted by Gasteiger charge is 2.34. The number of hydrogen-bond acceptors (Lipinski definition) is 3. The van der Waals surface area contributed by atoms with Crippen molar-refractivity contribution in [1.82, 2.24) is 9.78 Å². The molecule has 0 bridgehead atoms. The lowest BCUT2D eigenvalue weighted by atomic mass is 9.90. The van der Waals surface area contributed by atoms with Crippen LogP contribution in [0.1, 0.15) is 65.7 Å². The van der Waals surface area contributed by atoms with E-state index in [1.54, 1.807) is 0 Å². The van der Waals surface area contributed by atoms with Crippen molar-refractivity contribution in [2.45, 2.75) is 50.6 Å². The van der Waals surface area contributed by atoms with Gasteiger partial charge in [0.05, 0.1) is 23.9 Å². The van der Waals surface area contributed by atoms with Crippen LogP contribution >= 0.6 is 0 Å². The van der Waals surface area contributed by atoms with Crippen molar-refractivity contribution < 1.29 is 0 Å². The van der Waals surface area contributed by atoms with E-state index in [0.29, 0.717) is 11.5 Å². The van der Waals surface area contributed by atoms with Crippen molar-refractivity contribution >= 4 is 0 Å². The monoisotopic (exact) mass is 292 g/mol. The van der Waals surface area contributed by atoms with E-state index >= 15 is 0 Å². The molecule has 0 aliphatic heterocycles. The Balaban J connectivity index is 1.69. The smallest absolute Gasteiger partial charge is 0.0991 e. The van der Waals surface area contributed by atoms with Crippen molar-refractivity contribution in [1.29, 1.82) is 5.26 Å². The molecule has 1 heterocycles. The standard InChI is InChI=1S/C18H20N4/c19-10-12-4-6-13(7-5-12)11-22-16-3-1-2-15(20)17(16)18(21-22)14-8-9-14/h4-7,14-15H,1-3,8-9,11,20H2. The molecule has 1 aromatic heterocycles. The first kappa shape index (κ1) is 13.5. The molecule has 1 saturated carbocycles. The molecule has 0 saturated heterocycles. The minimum absolute atomic E-state index is 0.161. The van der Waals surface area contributed by atoms with Crippen LogP contribution in [-0.2, 0) is 13.0 Å². The van der Waals surface area contributed by atoms with Crippen LogP contribution in [0.3, 0.4) is 0 Å². The van der Waals surface area contributed by atoms with Gasteiger partial charge in [0, 0.05) is 23.2 Å². The fourth-order valence-electron chi connectivity index (χ4n) is 3.48. The maximum atomic E-state index is 8.90. The number of benzene rings is 1. The Morgan fingerprint density at radius 1 is 1.23 bits per heavy atom. The highest BCUT2D eigenvalue weighted by atomic mass is 15.3. The number of hydrogen-bond donors (Lipinski definition) is 1. The molecule has 1 atom stereocenters. The van der Waals surface area contributed by atoms with Gasteiger partial charge in [-0.2, -0.15) is 10.4 Å². The van der Waals surface area contributed by atoms with Gasteiger partial charge in [-0.25, -0.2) is 0 Å². The normalized spacial score (nSPS) is 20.5. The van der Waals surface area contributed by atoms with Gasteiger partial charge in [-0.15, -0.1) is 0 Å². The molecule has 112 valence electrons. The van der Waals surface area contributed by atoms with E-state index in [0.717, 1.165) is 25.8 Å². The van der Waals surface area contributed by atoms with Crippen LogP contribution in [0.2, 0.25) is 0 Å². The molecule has 4 heteroatoms. The molecule has 4 rings (SSSR count). The molecular weight excluding hydrogens is 272 g/mol. The fraction of sp³-hybridized carbons (Fsp3) is 0.444. The van der Waals surface area contributed by atoms with E-state index < -0.39 is 0 Å². The van der Waals surface area contributed by atoms with E-state index in [4.69, 9.17) is 16.1 Å². The predicted molar refractivity (Wildman–Crippen MR) is 84.3 cm³/mol. The molecule has 1 fully saturated rings. The summed E-state index contributed by atoms with van der Waals surface area (Å²) in [5.41, 5.74) is 12.2. The van der Waals surface area contributed by atoms with E-state index in [-0.39, 0.29) is 6.04 Å². The summed E-state index contributed by atoms with van der Waals surface area (Å²) in [6, 6.07) is 10.1. The van der Waals surface area contributed by atoms with Crippen molar-refractivity contribution in [2.75, 3.05) is 0 Å². The van der Waals surface area contributed by atoms with Gasteiger partial charge in [-0.05, 0) is 49.8 Å². The Morgan fingerprint density at radius 3 is 2.68 bits per heavy atom. The quantitative estimate of drug-likeness (QED) is 0.945. The molecule has 22 heavy (non-hydrogen) atoms. The molecule has 1 unspecified atom stereocenters. The Kier molecular flexibility index (Phi) is 3.24. The van der Waals surface area contributed by atoms with Gasteiger partial charge in [0.25, 0.3) is 0 Å². The summed E-state index contributed by atoms with van der Waals surface area (Å²) in [6.45, 7) is 0.771. The van der Waals surface area contributed by atoms with Gasteiger partial charge in [0.15, 0.2) is 0 Å². The largest absolute Gasteiger partial charge is 0.324 e. The van der Waals surface area contributed by atoms with Crippen LogP contribution < -0.4 is 5.73 Å². The van der Waals surface area contributed by atoms with E-state index in [1.807, 2.05) is 24.3 Å². The first-order valence-electron chi connectivity index (χ1n) is 8.10. The van der Waals surface area contributed by atoms with Crippen LogP contribution in [0.5, 0.6) is 0 Å². The minimum Gasteiger partial charge on any atom is -0.324 e. The summed E-state index contributed by atoms with van der Waals surface area (Å²) in [5, 5.41) is 13.8. The number of nitrogens with zero attached hydrogens (tertiary/aromatic N) is 3. The van der Waals surface area contributed by atoms with Gasteiger partial charge in [-0.3, -0.25) is 4.68 Å². The number of nitriles is 1. The topological polar surface area (TPSA) is 67.6 Å². The van der Waals surface area contributed by atoms with Crippen LogP contribution in [0.25, 0.3) is 0 Å². The Bertz CT molecular complexity index is 732. The second-order valence-corrected chi connectivity index (χ2v) is 6.48. The zero-order chi connectivity index (χ0) is 15.1. The average Bonchev–Trinajstić information content (AvgIpc) is 3.32.